The fourth-order valence-electron chi connectivity index (χ4n) is 3.16. The minimum Gasteiger partial charge on any atom is -0.497 e. The standard InChI is InChI=1S/C23H23N5O4S/c1-3-32-19-10-6-17(7-11-19)27-12-13-28-21(22(27)30)25-26-23(28)33-15-20(29)24-14-16-4-8-18(31-2)9-5-16/h4-13H,3,14-15H2,1-2H3,(H,24,29). The van der Waals surface area contributed by atoms with E-state index in [1.165, 1.54) is 16.3 Å². The summed E-state index contributed by atoms with van der Waals surface area (Å²) < 4.78 is 13.7. The molecular weight excluding hydrogens is 442 g/mol. The molecule has 4 rings (SSSR count). The van der Waals surface area contributed by atoms with Gasteiger partial charge in [0.2, 0.25) is 11.6 Å². The number of nitrogens with one attached hydrogen (secondary N) is 1. The Balaban J connectivity index is 1.41. The molecular formula is C23H23N5O4S. The number of hydrogen-bond donors (Lipinski definition) is 1. The molecule has 0 bridgehead atoms. The molecule has 2 aromatic carbocycles. The Morgan fingerprint density at radius 1 is 1.03 bits per heavy atom. The van der Waals surface area contributed by atoms with Crippen molar-refractivity contribution in [2.75, 3.05) is 19.5 Å². The summed E-state index contributed by atoms with van der Waals surface area (Å²) in [5, 5.41) is 11.5. The van der Waals surface area contributed by atoms with Crippen LogP contribution < -0.4 is 20.3 Å². The number of amides is 1. The zero-order valence-corrected chi connectivity index (χ0v) is 19.0. The smallest absolute Gasteiger partial charge is 0.300 e. The number of carbonyl (C=O) groups excluding carboxylic acids is 1. The van der Waals surface area contributed by atoms with E-state index < -0.39 is 0 Å². The van der Waals surface area contributed by atoms with Crippen LogP contribution in [0.5, 0.6) is 11.5 Å². The van der Waals surface area contributed by atoms with Crippen molar-refractivity contribution in [3.05, 3.63) is 76.8 Å². The highest BCUT2D eigenvalue weighted by Gasteiger charge is 2.13. The van der Waals surface area contributed by atoms with Gasteiger partial charge in [0.05, 0.1) is 19.5 Å². The van der Waals surface area contributed by atoms with E-state index >= 15 is 0 Å². The Morgan fingerprint density at radius 2 is 1.76 bits per heavy atom. The van der Waals surface area contributed by atoms with Crippen LogP contribution in [-0.4, -0.2) is 44.5 Å². The topological polar surface area (TPSA) is 99.8 Å². The van der Waals surface area contributed by atoms with Gasteiger partial charge in [0.1, 0.15) is 11.5 Å². The number of aromatic nitrogens is 4. The Kier molecular flexibility index (Phi) is 6.94. The van der Waals surface area contributed by atoms with Crippen LogP contribution in [0.2, 0.25) is 0 Å². The summed E-state index contributed by atoms with van der Waals surface area (Å²) in [6, 6.07) is 14.7. The molecule has 0 unspecified atom stereocenters. The molecule has 0 atom stereocenters. The van der Waals surface area contributed by atoms with Crippen LogP contribution in [0.3, 0.4) is 0 Å². The number of carbonyl (C=O) groups is 1. The molecule has 0 aliphatic carbocycles. The lowest BCUT2D eigenvalue weighted by molar-refractivity contribution is -0.118. The van der Waals surface area contributed by atoms with Crippen LogP contribution in [0.15, 0.2) is 70.9 Å². The van der Waals surface area contributed by atoms with Crippen molar-refractivity contribution in [2.24, 2.45) is 0 Å². The number of benzene rings is 2. The summed E-state index contributed by atoms with van der Waals surface area (Å²) in [4.78, 5) is 25.2. The average Bonchev–Trinajstić information content (AvgIpc) is 3.27. The highest BCUT2D eigenvalue weighted by molar-refractivity contribution is 7.99. The van der Waals surface area contributed by atoms with Crippen LogP contribution in [0.25, 0.3) is 11.3 Å². The Hall–Kier alpha value is -3.79. The van der Waals surface area contributed by atoms with Gasteiger partial charge in [-0.15, -0.1) is 10.2 Å². The highest BCUT2D eigenvalue weighted by Crippen LogP contribution is 2.17. The summed E-state index contributed by atoms with van der Waals surface area (Å²) in [5.41, 5.74) is 1.55. The largest absolute Gasteiger partial charge is 0.497 e. The SMILES string of the molecule is CCOc1ccc(-n2ccn3c(SCC(=O)NCc4ccc(OC)cc4)nnc3c2=O)cc1. The summed E-state index contributed by atoms with van der Waals surface area (Å²) >= 11 is 1.22. The summed E-state index contributed by atoms with van der Waals surface area (Å²) in [7, 11) is 1.61. The fraction of sp³-hybridized carbons (Fsp3) is 0.217. The van der Waals surface area contributed by atoms with Gasteiger partial charge in [-0.1, -0.05) is 23.9 Å². The van der Waals surface area contributed by atoms with E-state index in [1.807, 2.05) is 55.5 Å². The van der Waals surface area contributed by atoms with Gasteiger partial charge in [-0.2, -0.15) is 0 Å². The molecule has 170 valence electrons. The molecule has 1 N–H and O–H groups in total. The summed E-state index contributed by atoms with van der Waals surface area (Å²) in [6.07, 6.45) is 3.37. The van der Waals surface area contributed by atoms with Crippen molar-refractivity contribution < 1.29 is 14.3 Å². The fourth-order valence-corrected chi connectivity index (χ4v) is 3.91. The van der Waals surface area contributed by atoms with Crippen LogP contribution in [0.4, 0.5) is 0 Å². The van der Waals surface area contributed by atoms with Crippen molar-refractivity contribution in [3.63, 3.8) is 0 Å². The minimum absolute atomic E-state index is 0.143. The average molecular weight is 466 g/mol. The molecule has 0 aliphatic heterocycles. The lowest BCUT2D eigenvalue weighted by atomic mass is 10.2. The van der Waals surface area contributed by atoms with Gasteiger partial charge in [0, 0.05) is 24.6 Å². The Morgan fingerprint density at radius 3 is 2.45 bits per heavy atom. The van der Waals surface area contributed by atoms with Crippen LogP contribution >= 0.6 is 11.8 Å². The first-order valence-corrected chi connectivity index (χ1v) is 11.3. The Labute approximate surface area is 194 Å². The summed E-state index contributed by atoms with van der Waals surface area (Å²) in [5.74, 6) is 1.51. The van der Waals surface area contributed by atoms with Crippen molar-refractivity contribution in [3.8, 4) is 17.2 Å². The van der Waals surface area contributed by atoms with E-state index in [1.54, 1.807) is 23.9 Å². The van der Waals surface area contributed by atoms with Crippen LogP contribution in [0, 0.1) is 0 Å². The predicted molar refractivity (Wildman–Crippen MR) is 125 cm³/mol. The van der Waals surface area contributed by atoms with Crippen molar-refractivity contribution in [1.29, 1.82) is 0 Å². The van der Waals surface area contributed by atoms with Crippen molar-refractivity contribution in [1.82, 2.24) is 24.5 Å². The second-order valence-electron chi connectivity index (χ2n) is 6.99. The predicted octanol–water partition coefficient (Wildman–Crippen LogP) is 2.70. The molecule has 9 nitrogen and oxygen atoms in total. The van der Waals surface area contributed by atoms with Crippen molar-refractivity contribution in [2.45, 2.75) is 18.6 Å². The molecule has 2 heterocycles. The molecule has 0 fully saturated rings. The third-order valence-corrected chi connectivity index (χ3v) is 5.79. The lowest BCUT2D eigenvalue weighted by Gasteiger charge is -2.08. The molecule has 1 amide bonds. The number of thioether (sulfide) groups is 1. The molecule has 0 radical (unpaired) electrons. The first-order chi connectivity index (χ1) is 16.1. The monoisotopic (exact) mass is 465 g/mol. The molecule has 0 saturated carbocycles. The van der Waals surface area contributed by atoms with E-state index in [0.29, 0.717) is 24.0 Å². The first kappa shape index (κ1) is 22.4. The van der Waals surface area contributed by atoms with E-state index in [2.05, 4.69) is 15.5 Å². The maximum absolute atomic E-state index is 12.9. The van der Waals surface area contributed by atoms with E-state index in [9.17, 15) is 9.59 Å². The van der Waals surface area contributed by atoms with Gasteiger partial charge in [-0.05, 0) is 48.9 Å². The molecule has 0 aliphatic rings. The normalized spacial score (nSPS) is 10.8. The maximum Gasteiger partial charge on any atom is 0.300 e. The van der Waals surface area contributed by atoms with Gasteiger partial charge >= 0.3 is 5.56 Å². The van der Waals surface area contributed by atoms with E-state index in [4.69, 9.17) is 9.47 Å². The van der Waals surface area contributed by atoms with Crippen LogP contribution in [-0.2, 0) is 11.3 Å². The third kappa shape index (κ3) is 5.17. The maximum atomic E-state index is 12.9. The van der Waals surface area contributed by atoms with Gasteiger partial charge < -0.3 is 14.8 Å². The number of ether oxygens (including phenoxy) is 2. The van der Waals surface area contributed by atoms with Gasteiger partial charge in [0.15, 0.2) is 5.16 Å². The molecule has 10 heteroatoms. The summed E-state index contributed by atoms with van der Waals surface area (Å²) in [6.45, 7) is 2.90. The number of hydrogen-bond acceptors (Lipinski definition) is 7. The van der Waals surface area contributed by atoms with Crippen LogP contribution in [0.1, 0.15) is 12.5 Å². The van der Waals surface area contributed by atoms with Gasteiger partial charge in [0.25, 0.3) is 0 Å². The van der Waals surface area contributed by atoms with Crippen molar-refractivity contribution >= 4 is 23.3 Å². The number of nitrogens with zero attached hydrogens (tertiary/aromatic N) is 4. The minimum atomic E-state index is -0.301. The molecule has 0 saturated heterocycles. The number of fused-ring (bicyclic) bond motifs is 1. The second-order valence-corrected chi connectivity index (χ2v) is 7.93. The third-order valence-electron chi connectivity index (χ3n) is 4.85. The zero-order valence-electron chi connectivity index (χ0n) is 18.2. The van der Waals surface area contributed by atoms with E-state index in [-0.39, 0.29) is 22.9 Å². The Bertz CT molecular complexity index is 1300. The molecule has 33 heavy (non-hydrogen) atoms. The van der Waals surface area contributed by atoms with Gasteiger partial charge in [-0.3, -0.25) is 18.6 Å². The highest BCUT2D eigenvalue weighted by atomic mass is 32.2. The zero-order chi connectivity index (χ0) is 23.2. The number of rotatable bonds is 9. The lowest BCUT2D eigenvalue weighted by Crippen LogP contribution is -2.24. The van der Waals surface area contributed by atoms with Gasteiger partial charge in [-0.25, -0.2) is 0 Å². The second kappa shape index (κ2) is 10.2. The quantitative estimate of drug-likeness (QED) is 0.379. The first-order valence-electron chi connectivity index (χ1n) is 10.3. The molecule has 2 aromatic heterocycles. The van der Waals surface area contributed by atoms with E-state index in [0.717, 1.165) is 17.1 Å². The molecule has 0 spiro atoms. The number of methoxy groups -OCH3 is 1. The molecule has 4 aromatic rings.